The molecule has 4 atom stereocenters. The zero-order valence-corrected chi connectivity index (χ0v) is 14.6. The number of fused-ring (bicyclic) bond motifs is 2. The number of halogens is 2. The maximum atomic E-state index is 13.8. The van der Waals surface area contributed by atoms with Gasteiger partial charge in [0.1, 0.15) is 17.7 Å². The number of likely N-dealkylation sites (tertiary alicyclic amines) is 1. The lowest BCUT2D eigenvalue weighted by Gasteiger charge is -2.51. The molecule has 1 aromatic rings. The number of benzene rings is 1. The Hall–Kier alpha value is -1.57. The van der Waals surface area contributed by atoms with Crippen LogP contribution in [-0.2, 0) is 4.79 Å². The van der Waals surface area contributed by atoms with Gasteiger partial charge in [0.25, 0.3) is 0 Å². The first kappa shape index (κ1) is 16.6. The molecule has 1 unspecified atom stereocenters. The van der Waals surface area contributed by atoms with Gasteiger partial charge in [-0.25, -0.2) is 14.2 Å². The molecule has 5 saturated heterocycles. The van der Waals surface area contributed by atoms with Gasteiger partial charge in [0.05, 0.1) is 6.04 Å². The molecular formula is C19H24F2N4O. The van der Waals surface area contributed by atoms with Crippen molar-refractivity contribution in [3.8, 4) is 0 Å². The van der Waals surface area contributed by atoms with Crippen LogP contribution in [-0.4, -0.2) is 60.0 Å². The Morgan fingerprint density at radius 1 is 1.04 bits per heavy atom. The topological polar surface area (TPSA) is 47.6 Å². The largest absolute Gasteiger partial charge is 0.336 e. The number of piperidine rings is 3. The van der Waals surface area contributed by atoms with E-state index in [1.54, 1.807) is 0 Å². The van der Waals surface area contributed by atoms with Gasteiger partial charge >= 0.3 is 0 Å². The zero-order chi connectivity index (χ0) is 17.8. The van der Waals surface area contributed by atoms with E-state index in [4.69, 9.17) is 0 Å². The van der Waals surface area contributed by atoms with Gasteiger partial charge in [0.15, 0.2) is 0 Å². The van der Waals surface area contributed by atoms with Gasteiger partial charge < -0.3 is 4.90 Å². The van der Waals surface area contributed by atoms with Crippen molar-refractivity contribution in [2.75, 3.05) is 26.2 Å². The van der Waals surface area contributed by atoms with Crippen LogP contribution in [0.5, 0.6) is 0 Å². The molecular weight excluding hydrogens is 338 g/mol. The van der Waals surface area contributed by atoms with Crippen LogP contribution in [0.4, 0.5) is 8.78 Å². The number of nitrogens with zero attached hydrogens (tertiary/aromatic N) is 2. The van der Waals surface area contributed by atoms with E-state index in [1.807, 2.05) is 4.90 Å². The fraction of sp³-hybridized carbons (Fsp3) is 0.632. The van der Waals surface area contributed by atoms with Crippen molar-refractivity contribution < 1.29 is 13.6 Å². The Morgan fingerprint density at radius 3 is 2.42 bits per heavy atom. The highest BCUT2D eigenvalue weighted by atomic mass is 19.1. The fourth-order valence-corrected chi connectivity index (χ4v) is 5.63. The number of hydrogen-bond donors (Lipinski definition) is 2. The summed E-state index contributed by atoms with van der Waals surface area (Å²) in [6.45, 7) is 3.37. The number of rotatable bonds is 2. The van der Waals surface area contributed by atoms with Crippen molar-refractivity contribution in [3.05, 3.63) is 35.4 Å². The first-order chi connectivity index (χ1) is 12.6. The molecule has 1 aromatic carbocycles. The molecule has 5 aliphatic rings. The second-order valence-corrected chi connectivity index (χ2v) is 8.07. The van der Waals surface area contributed by atoms with Crippen LogP contribution >= 0.6 is 0 Å². The third kappa shape index (κ3) is 2.56. The maximum absolute atomic E-state index is 13.8. The average molecular weight is 362 g/mol. The lowest BCUT2D eigenvalue weighted by Crippen LogP contribution is -2.62. The highest BCUT2D eigenvalue weighted by Crippen LogP contribution is 2.47. The van der Waals surface area contributed by atoms with Crippen LogP contribution in [0.1, 0.15) is 30.7 Å². The van der Waals surface area contributed by atoms with Gasteiger partial charge in [-0.05, 0) is 56.0 Å². The van der Waals surface area contributed by atoms with E-state index in [2.05, 4.69) is 15.8 Å². The third-order valence-electron chi connectivity index (χ3n) is 6.72. The number of nitrogens with one attached hydrogen (secondary N) is 2. The van der Waals surface area contributed by atoms with Gasteiger partial charge in [-0.2, -0.15) is 0 Å². The predicted octanol–water partition coefficient (Wildman–Crippen LogP) is 1.22. The van der Waals surface area contributed by atoms with Crippen molar-refractivity contribution in [1.29, 1.82) is 0 Å². The molecule has 5 heterocycles. The molecule has 7 heteroatoms. The number of carbonyl (C=O) groups is 1. The zero-order valence-electron chi connectivity index (χ0n) is 14.6. The second-order valence-electron chi connectivity index (χ2n) is 8.07. The van der Waals surface area contributed by atoms with Gasteiger partial charge in [-0.1, -0.05) is 0 Å². The quantitative estimate of drug-likeness (QED) is 0.831. The summed E-state index contributed by atoms with van der Waals surface area (Å²) in [7, 11) is 0. The molecule has 2 N–H and O–H groups in total. The Bertz CT molecular complexity index is 695. The summed E-state index contributed by atoms with van der Waals surface area (Å²) in [5.41, 5.74) is 6.78. The van der Waals surface area contributed by atoms with E-state index in [-0.39, 0.29) is 30.0 Å². The van der Waals surface area contributed by atoms with E-state index < -0.39 is 11.6 Å². The molecule has 0 spiro atoms. The first-order valence-electron chi connectivity index (χ1n) is 9.61. The smallest absolute Gasteiger partial charge is 0.241 e. The molecule has 0 aliphatic carbocycles. The Labute approximate surface area is 151 Å². The van der Waals surface area contributed by atoms with Crippen LogP contribution in [0.25, 0.3) is 0 Å². The number of carbonyl (C=O) groups excluding carboxylic acids is 1. The summed E-state index contributed by atoms with van der Waals surface area (Å²) in [6.07, 6.45) is 2.98. The van der Waals surface area contributed by atoms with E-state index in [1.165, 1.54) is 12.1 Å². The fourth-order valence-electron chi connectivity index (χ4n) is 5.63. The van der Waals surface area contributed by atoms with Crippen LogP contribution in [0, 0.1) is 17.6 Å². The van der Waals surface area contributed by atoms with Crippen molar-refractivity contribution in [2.24, 2.45) is 5.92 Å². The number of hydrazine groups is 1. The molecule has 1 amide bonds. The van der Waals surface area contributed by atoms with E-state index in [0.717, 1.165) is 45.0 Å². The number of amides is 1. The molecule has 2 bridgehead atoms. The van der Waals surface area contributed by atoms with Gasteiger partial charge in [-0.15, -0.1) is 0 Å². The average Bonchev–Trinajstić information content (AvgIpc) is 3.30. The molecule has 5 aliphatic heterocycles. The highest BCUT2D eigenvalue weighted by molar-refractivity contribution is 5.83. The molecule has 6 rings (SSSR count). The molecule has 140 valence electrons. The van der Waals surface area contributed by atoms with Crippen LogP contribution in [0.15, 0.2) is 18.2 Å². The maximum Gasteiger partial charge on any atom is 0.241 e. The molecule has 0 radical (unpaired) electrons. The highest BCUT2D eigenvalue weighted by Gasteiger charge is 2.55. The van der Waals surface area contributed by atoms with Crippen molar-refractivity contribution in [1.82, 2.24) is 20.7 Å². The monoisotopic (exact) mass is 362 g/mol. The normalized spacial score (nSPS) is 38.6. The third-order valence-corrected chi connectivity index (χ3v) is 6.72. The summed E-state index contributed by atoms with van der Waals surface area (Å²) in [5.74, 6) is -0.505. The van der Waals surface area contributed by atoms with Crippen LogP contribution in [0.3, 0.4) is 0 Å². The molecule has 0 aromatic heterocycles. The second kappa shape index (κ2) is 6.25. The summed E-state index contributed by atoms with van der Waals surface area (Å²) < 4.78 is 27.7. The van der Waals surface area contributed by atoms with Crippen molar-refractivity contribution in [3.63, 3.8) is 0 Å². The minimum Gasteiger partial charge on any atom is -0.336 e. The van der Waals surface area contributed by atoms with E-state index >= 15 is 0 Å². The summed E-state index contributed by atoms with van der Waals surface area (Å²) in [5, 5.41) is 0. The minimum absolute atomic E-state index is 0.0355. The van der Waals surface area contributed by atoms with Gasteiger partial charge in [0.2, 0.25) is 5.91 Å². The Morgan fingerprint density at radius 2 is 1.77 bits per heavy atom. The predicted molar refractivity (Wildman–Crippen MR) is 92.2 cm³/mol. The SMILES string of the molecule is O=C(C1CCNN1)N1C[C@H](c2cc(F)cc(F)c2)[C@H]2[C@@H]1C1CCN2CC1. The summed E-state index contributed by atoms with van der Waals surface area (Å²) in [4.78, 5) is 17.6. The van der Waals surface area contributed by atoms with Crippen LogP contribution < -0.4 is 10.9 Å². The Balaban J connectivity index is 1.51. The summed E-state index contributed by atoms with van der Waals surface area (Å²) in [6, 6.07) is 3.93. The lowest BCUT2D eigenvalue weighted by atomic mass is 9.75. The van der Waals surface area contributed by atoms with E-state index in [9.17, 15) is 13.6 Å². The molecule has 5 fully saturated rings. The van der Waals surface area contributed by atoms with Crippen molar-refractivity contribution >= 4 is 5.91 Å². The van der Waals surface area contributed by atoms with Crippen molar-refractivity contribution in [2.45, 2.75) is 43.3 Å². The van der Waals surface area contributed by atoms with E-state index in [0.29, 0.717) is 18.0 Å². The molecule has 0 saturated carbocycles. The molecule has 5 nitrogen and oxygen atoms in total. The lowest BCUT2D eigenvalue weighted by molar-refractivity contribution is -0.138. The Kier molecular flexibility index (Phi) is 3.99. The van der Waals surface area contributed by atoms with Gasteiger partial charge in [-0.3, -0.25) is 15.1 Å². The summed E-state index contributed by atoms with van der Waals surface area (Å²) >= 11 is 0. The standard InChI is InChI=1S/C19H24F2N4O/c20-13-7-12(8-14(21)9-13)15-10-25(19(26)16-1-4-22-23-16)17-11-2-5-24(6-3-11)18(15)17/h7-9,11,15-18,22-23H,1-6,10H2/t15-,16?,17+,18+/m1/s1. The van der Waals surface area contributed by atoms with Gasteiger partial charge in [0, 0.05) is 31.1 Å². The first-order valence-corrected chi connectivity index (χ1v) is 9.61. The minimum atomic E-state index is -0.543. The number of hydrogen-bond acceptors (Lipinski definition) is 4. The van der Waals surface area contributed by atoms with Crippen LogP contribution in [0.2, 0.25) is 0 Å². The molecule has 26 heavy (non-hydrogen) atoms.